The van der Waals surface area contributed by atoms with E-state index >= 15 is 0 Å². The number of β-amino-alcohol motifs (C(OH)–C–C–N with tert-alkyl or cyclic N) is 1. The van der Waals surface area contributed by atoms with Gasteiger partial charge < -0.3 is 26.0 Å². The highest BCUT2D eigenvalue weighted by molar-refractivity contribution is 5.82. The Bertz CT molecular complexity index is 1080. The van der Waals surface area contributed by atoms with E-state index in [2.05, 4.69) is 29.7 Å². The van der Waals surface area contributed by atoms with Crippen LogP contribution in [-0.2, 0) is 24.2 Å². The van der Waals surface area contributed by atoms with E-state index < -0.39 is 42.0 Å². The first kappa shape index (κ1) is 29.6. The molecule has 1 unspecified atom stereocenters. The van der Waals surface area contributed by atoms with E-state index in [-0.39, 0.29) is 31.3 Å². The second-order valence-electron chi connectivity index (χ2n) is 11.0. The summed E-state index contributed by atoms with van der Waals surface area (Å²) in [6, 6.07) is 9.59. The highest BCUT2D eigenvalue weighted by atomic mass is 19.1. The minimum Gasteiger partial charge on any atom is -0.392 e. The van der Waals surface area contributed by atoms with Gasteiger partial charge in [-0.15, -0.1) is 0 Å². The van der Waals surface area contributed by atoms with Crippen LogP contribution in [0.1, 0.15) is 55.7 Å². The van der Waals surface area contributed by atoms with Gasteiger partial charge in [-0.1, -0.05) is 44.0 Å². The number of carbonyl (C=O) groups is 1. The van der Waals surface area contributed by atoms with E-state index in [0.29, 0.717) is 25.1 Å². The number of likely N-dealkylation sites (tertiary alicyclic amines) is 1. The Morgan fingerprint density at radius 2 is 1.77 bits per heavy atom. The predicted molar refractivity (Wildman–Crippen MR) is 145 cm³/mol. The molecular weight excluding hydrogens is 504 g/mol. The third-order valence-electron chi connectivity index (χ3n) is 7.99. The van der Waals surface area contributed by atoms with Crippen LogP contribution >= 0.6 is 0 Å². The maximum absolute atomic E-state index is 13.9. The number of aryl methyl sites for hydroxylation is 1. The molecule has 1 aliphatic carbocycles. The minimum absolute atomic E-state index is 0.0237. The molecule has 2 aliphatic rings. The van der Waals surface area contributed by atoms with Gasteiger partial charge in [0.05, 0.1) is 30.4 Å². The average molecular weight is 546 g/mol. The summed E-state index contributed by atoms with van der Waals surface area (Å²) in [5.74, 6) is -1.83. The monoisotopic (exact) mass is 545 g/mol. The summed E-state index contributed by atoms with van der Waals surface area (Å²) in [4.78, 5) is 15.4. The Balaban J connectivity index is 1.46. The zero-order valence-electron chi connectivity index (χ0n) is 22.5. The lowest BCUT2D eigenvalue weighted by Crippen LogP contribution is -2.56. The Morgan fingerprint density at radius 1 is 1.05 bits per heavy atom. The van der Waals surface area contributed by atoms with Crippen molar-refractivity contribution in [3.8, 4) is 0 Å². The number of aliphatic hydroxyl groups excluding tert-OH is 3. The molecule has 1 aliphatic heterocycles. The van der Waals surface area contributed by atoms with Crippen LogP contribution in [0, 0.1) is 11.6 Å². The minimum atomic E-state index is -1.05. The second kappa shape index (κ2) is 13.8. The first-order valence-corrected chi connectivity index (χ1v) is 14.1. The topological polar surface area (TPSA) is 105 Å². The Hall–Kier alpha value is -2.43. The van der Waals surface area contributed by atoms with Crippen molar-refractivity contribution in [2.45, 2.75) is 94.9 Å². The molecule has 2 aromatic rings. The van der Waals surface area contributed by atoms with Crippen LogP contribution in [-0.4, -0.2) is 75.7 Å². The van der Waals surface area contributed by atoms with E-state index in [1.165, 1.54) is 17.7 Å². The van der Waals surface area contributed by atoms with Gasteiger partial charge in [-0.3, -0.25) is 9.69 Å². The number of hydrogen-bond acceptors (Lipinski definition) is 6. The molecule has 0 bridgehead atoms. The van der Waals surface area contributed by atoms with Gasteiger partial charge >= 0.3 is 0 Å². The zero-order chi connectivity index (χ0) is 27.9. The van der Waals surface area contributed by atoms with Gasteiger partial charge in [0.15, 0.2) is 0 Å². The second-order valence-corrected chi connectivity index (χ2v) is 11.0. The fourth-order valence-electron chi connectivity index (χ4n) is 5.95. The molecule has 2 fully saturated rings. The number of aliphatic hydroxyl groups is 3. The number of benzene rings is 2. The first-order chi connectivity index (χ1) is 18.7. The van der Waals surface area contributed by atoms with Gasteiger partial charge in [-0.2, -0.15) is 0 Å². The average Bonchev–Trinajstić information content (AvgIpc) is 3.29. The van der Waals surface area contributed by atoms with Crippen molar-refractivity contribution in [3.05, 3.63) is 70.8 Å². The number of amides is 1. The summed E-state index contributed by atoms with van der Waals surface area (Å²) in [5.41, 5.74) is 2.59. The summed E-state index contributed by atoms with van der Waals surface area (Å²) in [6.45, 7) is 3.04. The Morgan fingerprint density at radius 3 is 2.49 bits per heavy atom. The number of carbonyl (C=O) groups excluding carboxylic acids is 1. The highest BCUT2D eigenvalue weighted by Gasteiger charge is 2.43. The largest absolute Gasteiger partial charge is 0.392 e. The van der Waals surface area contributed by atoms with Crippen LogP contribution in [0.15, 0.2) is 42.5 Å². The summed E-state index contributed by atoms with van der Waals surface area (Å²) in [5, 5.41) is 38.2. The Labute approximate surface area is 229 Å². The van der Waals surface area contributed by atoms with Crippen LogP contribution in [0.4, 0.5) is 8.78 Å². The molecule has 1 saturated heterocycles. The van der Waals surface area contributed by atoms with Gasteiger partial charge in [0, 0.05) is 31.7 Å². The number of nitrogens with one attached hydrogen (secondary N) is 2. The van der Waals surface area contributed by atoms with E-state index in [1.807, 2.05) is 17.0 Å². The molecule has 6 atom stereocenters. The molecule has 1 heterocycles. The van der Waals surface area contributed by atoms with Gasteiger partial charge in [0.1, 0.15) is 11.6 Å². The van der Waals surface area contributed by atoms with Crippen molar-refractivity contribution in [1.29, 1.82) is 0 Å². The maximum atomic E-state index is 13.9. The molecule has 7 nitrogen and oxygen atoms in total. The molecule has 214 valence electrons. The normalized spacial score (nSPS) is 25.4. The van der Waals surface area contributed by atoms with Crippen molar-refractivity contribution in [2.24, 2.45) is 0 Å². The fraction of sp³-hybridized carbons (Fsp3) is 0.567. The van der Waals surface area contributed by atoms with Crippen LogP contribution in [0.5, 0.6) is 0 Å². The third kappa shape index (κ3) is 8.05. The molecule has 39 heavy (non-hydrogen) atoms. The van der Waals surface area contributed by atoms with Crippen molar-refractivity contribution in [3.63, 3.8) is 0 Å². The standard InChI is InChI=1S/C30H41F2N3O4/c1-2-19-6-5-7-20(10-19)16-33-17-29(38)25(13-21-11-22(31)14-23(32)12-21)34-30(39)27-15-24(36)18-35(27)26-8-3-4-9-28(26)37/h5-7,10-12,14,24-29,33,36-38H,2-4,8-9,13,15-18H2,1H3,(H,34,39)/t24?,25-,26+,27-,28+,29+/m0/s1. The summed E-state index contributed by atoms with van der Waals surface area (Å²) in [6.07, 6.45) is 2.13. The zero-order valence-corrected chi connectivity index (χ0v) is 22.5. The summed E-state index contributed by atoms with van der Waals surface area (Å²) < 4.78 is 27.8. The number of rotatable bonds is 11. The molecule has 2 aromatic carbocycles. The molecule has 4 rings (SSSR count). The van der Waals surface area contributed by atoms with Crippen molar-refractivity contribution in [2.75, 3.05) is 13.1 Å². The molecule has 9 heteroatoms. The molecule has 1 saturated carbocycles. The highest BCUT2D eigenvalue weighted by Crippen LogP contribution is 2.30. The SMILES string of the molecule is CCc1cccc(CNC[C@@H](O)[C@H](Cc2cc(F)cc(F)c2)NC(=O)[C@@H]2CC(O)CN2[C@@H]2CCCC[C@H]2O)c1. The number of hydrogen-bond donors (Lipinski definition) is 5. The van der Waals surface area contributed by atoms with Crippen molar-refractivity contribution in [1.82, 2.24) is 15.5 Å². The Kier molecular flexibility index (Phi) is 10.4. The lowest BCUT2D eigenvalue weighted by atomic mass is 9.91. The van der Waals surface area contributed by atoms with Crippen molar-refractivity contribution >= 4 is 5.91 Å². The van der Waals surface area contributed by atoms with E-state index in [4.69, 9.17) is 0 Å². The lowest BCUT2D eigenvalue weighted by molar-refractivity contribution is -0.129. The fourth-order valence-corrected chi connectivity index (χ4v) is 5.95. The van der Waals surface area contributed by atoms with Crippen LogP contribution in [0.2, 0.25) is 0 Å². The van der Waals surface area contributed by atoms with Crippen LogP contribution < -0.4 is 10.6 Å². The van der Waals surface area contributed by atoms with E-state index in [1.54, 1.807) is 0 Å². The summed E-state index contributed by atoms with van der Waals surface area (Å²) in [7, 11) is 0. The molecule has 0 radical (unpaired) electrons. The maximum Gasteiger partial charge on any atom is 0.237 e. The molecule has 1 amide bonds. The first-order valence-electron chi connectivity index (χ1n) is 14.1. The quantitative estimate of drug-likeness (QED) is 0.297. The van der Waals surface area contributed by atoms with Gasteiger partial charge in [-0.25, -0.2) is 8.78 Å². The smallest absolute Gasteiger partial charge is 0.237 e. The number of halogens is 2. The predicted octanol–water partition coefficient (Wildman–Crippen LogP) is 2.44. The lowest BCUT2D eigenvalue weighted by Gasteiger charge is -2.38. The molecule has 0 spiro atoms. The number of nitrogens with zero attached hydrogens (tertiary/aromatic N) is 1. The molecular formula is C30H41F2N3O4. The van der Waals surface area contributed by atoms with E-state index in [9.17, 15) is 28.9 Å². The van der Waals surface area contributed by atoms with Gasteiger partial charge in [-0.05, 0) is 60.9 Å². The van der Waals surface area contributed by atoms with E-state index in [0.717, 1.165) is 37.3 Å². The molecule has 0 aromatic heterocycles. The van der Waals surface area contributed by atoms with Crippen LogP contribution in [0.3, 0.4) is 0 Å². The van der Waals surface area contributed by atoms with Gasteiger partial charge in [0.2, 0.25) is 5.91 Å². The van der Waals surface area contributed by atoms with Crippen molar-refractivity contribution < 1.29 is 28.9 Å². The van der Waals surface area contributed by atoms with Gasteiger partial charge in [0.25, 0.3) is 0 Å². The summed E-state index contributed by atoms with van der Waals surface area (Å²) >= 11 is 0. The molecule has 5 N–H and O–H groups in total. The van der Waals surface area contributed by atoms with Crippen LogP contribution in [0.25, 0.3) is 0 Å². The third-order valence-corrected chi connectivity index (χ3v) is 7.99.